The highest BCUT2D eigenvalue weighted by atomic mass is 32.2. The van der Waals surface area contributed by atoms with Gasteiger partial charge in [0, 0.05) is 19.1 Å². The fourth-order valence-electron chi connectivity index (χ4n) is 3.62. The van der Waals surface area contributed by atoms with Crippen molar-refractivity contribution in [2.24, 2.45) is 11.3 Å². The van der Waals surface area contributed by atoms with Crippen LogP contribution in [0.5, 0.6) is 0 Å². The predicted octanol–water partition coefficient (Wildman–Crippen LogP) is 2.46. The van der Waals surface area contributed by atoms with Crippen molar-refractivity contribution in [2.75, 3.05) is 25.9 Å². The van der Waals surface area contributed by atoms with E-state index in [1.807, 2.05) is 6.92 Å². The molecule has 1 rings (SSSR count). The maximum atomic E-state index is 11.5. The Morgan fingerprint density at radius 3 is 2.45 bits per heavy atom. The first-order valence-corrected chi connectivity index (χ1v) is 9.67. The molecule has 1 saturated carbocycles. The Kier molecular flexibility index (Phi) is 6.48. The summed E-state index contributed by atoms with van der Waals surface area (Å²) in [5, 5.41) is 3.62. The number of nitrogens with zero attached hydrogens (tertiary/aromatic N) is 1. The molecule has 2 atom stereocenters. The van der Waals surface area contributed by atoms with Crippen LogP contribution in [0.25, 0.3) is 0 Å². The normalized spacial score (nSPS) is 26.9. The smallest absolute Gasteiger partial charge is 0.211 e. The molecule has 1 N–H and O–H groups in total. The molecule has 2 unspecified atom stereocenters. The summed E-state index contributed by atoms with van der Waals surface area (Å²) >= 11 is 0. The molecule has 0 aromatic carbocycles. The standard InChI is InChI=1S/C15H32N2O2S/c1-6-17(20(5,18)19)9-7-8-16-14-10-13(2)11-15(3,4)12-14/h13-14,16H,6-12H2,1-5H3. The van der Waals surface area contributed by atoms with E-state index in [1.54, 1.807) is 4.31 Å². The largest absolute Gasteiger partial charge is 0.314 e. The first-order valence-electron chi connectivity index (χ1n) is 7.82. The molecule has 0 amide bonds. The van der Waals surface area contributed by atoms with E-state index in [0.717, 1.165) is 18.9 Å². The van der Waals surface area contributed by atoms with Crippen LogP contribution in [0.2, 0.25) is 0 Å². The summed E-state index contributed by atoms with van der Waals surface area (Å²) in [5.41, 5.74) is 0.428. The maximum absolute atomic E-state index is 11.5. The Hall–Kier alpha value is -0.130. The van der Waals surface area contributed by atoms with E-state index in [9.17, 15) is 8.42 Å². The van der Waals surface area contributed by atoms with E-state index in [1.165, 1.54) is 25.5 Å². The van der Waals surface area contributed by atoms with E-state index < -0.39 is 10.0 Å². The Morgan fingerprint density at radius 2 is 1.95 bits per heavy atom. The van der Waals surface area contributed by atoms with Gasteiger partial charge >= 0.3 is 0 Å². The highest BCUT2D eigenvalue weighted by Crippen LogP contribution is 2.38. The van der Waals surface area contributed by atoms with Crippen LogP contribution in [0.15, 0.2) is 0 Å². The summed E-state index contributed by atoms with van der Waals surface area (Å²) in [5.74, 6) is 0.777. The molecule has 1 fully saturated rings. The van der Waals surface area contributed by atoms with Gasteiger partial charge in [0.05, 0.1) is 6.26 Å². The second-order valence-electron chi connectivity index (χ2n) is 7.17. The van der Waals surface area contributed by atoms with Crippen LogP contribution in [0, 0.1) is 11.3 Å². The van der Waals surface area contributed by atoms with Crippen LogP contribution in [-0.2, 0) is 10.0 Å². The summed E-state index contributed by atoms with van der Waals surface area (Å²) in [6, 6.07) is 0.585. The lowest BCUT2D eigenvalue weighted by Crippen LogP contribution is -2.41. The first-order chi connectivity index (χ1) is 9.14. The van der Waals surface area contributed by atoms with E-state index in [2.05, 4.69) is 26.1 Å². The number of nitrogens with one attached hydrogen (secondary N) is 1. The van der Waals surface area contributed by atoms with Gasteiger partial charge in [0.25, 0.3) is 0 Å². The van der Waals surface area contributed by atoms with Crippen molar-refractivity contribution >= 4 is 10.0 Å². The molecule has 0 aliphatic heterocycles. The molecular formula is C15H32N2O2S. The zero-order valence-electron chi connectivity index (χ0n) is 13.8. The third-order valence-electron chi connectivity index (χ3n) is 4.23. The molecule has 0 spiro atoms. The highest BCUT2D eigenvalue weighted by molar-refractivity contribution is 7.88. The molecule has 120 valence electrons. The SMILES string of the molecule is CCN(CCCNC1CC(C)CC(C)(C)C1)S(C)(=O)=O. The van der Waals surface area contributed by atoms with Crippen LogP contribution in [0.4, 0.5) is 0 Å². The second-order valence-corrected chi connectivity index (χ2v) is 9.16. The average molecular weight is 305 g/mol. The summed E-state index contributed by atoms with van der Waals surface area (Å²) in [6.07, 6.45) is 5.94. The molecule has 1 aliphatic carbocycles. The molecule has 0 heterocycles. The monoisotopic (exact) mass is 304 g/mol. The molecule has 0 aromatic rings. The van der Waals surface area contributed by atoms with E-state index in [0.29, 0.717) is 24.5 Å². The molecule has 20 heavy (non-hydrogen) atoms. The Balaban J connectivity index is 2.31. The Bertz CT molecular complexity index is 393. The van der Waals surface area contributed by atoms with E-state index in [-0.39, 0.29) is 0 Å². The summed E-state index contributed by atoms with van der Waals surface area (Å²) in [4.78, 5) is 0. The lowest BCUT2D eigenvalue weighted by Gasteiger charge is -2.39. The van der Waals surface area contributed by atoms with Gasteiger partial charge in [0.2, 0.25) is 10.0 Å². The summed E-state index contributed by atoms with van der Waals surface area (Å²) in [6.45, 7) is 11.0. The van der Waals surface area contributed by atoms with Crippen molar-refractivity contribution in [3.05, 3.63) is 0 Å². The fourth-order valence-corrected chi connectivity index (χ4v) is 4.55. The summed E-state index contributed by atoms with van der Waals surface area (Å²) in [7, 11) is -3.04. The van der Waals surface area contributed by atoms with Gasteiger partial charge in [0.1, 0.15) is 0 Å². The number of rotatable bonds is 7. The van der Waals surface area contributed by atoms with Crippen LogP contribution in [0.1, 0.15) is 53.4 Å². The van der Waals surface area contributed by atoms with Gasteiger partial charge in [-0.1, -0.05) is 27.7 Å². The lowest BCUT2D eigenvalue weighted by molar-refractivity contribution is 0.151. The lowest BCUT2D eigenvalue weighted by atomic mass is 9.70. The molecule has 0 saturated heterocycles. The topological polar surface area (TPSA) is 49.4 Å². The molecule has 0 radical (unpaired) electrons. The molecule has 0 bridgehead atoms. The van der Waals surface area contributed by atoms with Crippen molar-refractivity contribution in [1.29, 1.82) is 0 Å². The molecular weight excluding hydrogens is 272 g/mol. The van der Waals surface area contributed by atoms with Crippen molar-refractivity contribution < 1.29 is 8.42 Å². The minimum atomic E-state index is -3.04. The number of hydrogen-bond acceptors (Lipinski definition) is 3. The highest BCUT2D eigenvalue weighted by Gasteiger charge is 2.31. The van der Waals surface area contributed by atoms with Gasteiger partial charge in [-0.25, -0.2) is 12.7 Å². The van der Waals surface area contributed by atoms with Crippen LogP contribution >= 0.6 is 0 Å². The third kappa shape index (κ3) is 6.10. The second kappa shape index (κ2) is 7.23. The molecule has 5 heteroatoms. The van der Waals surface area contributed by atoms with Crippen molar-refractivity contribution in [1.82, 2.24) is 9.62 Å². The minimum absolute atomic E-state index is 0.428. The Morgan fingerprint density at radius 1 is 1.30 bits per heavy atom. The van der Waals surface area contributed by atoms with Gasteiger partial charge < -0.3 is 5.32 Å². The maximum Gasteiger partial charge on any atom is 0.211 e. The van der Waals surface area contributed by atoms with Gasteiger partial charge in [-0.2, -0.15) is 0 Å². The first kappa shape index (κ1) is 17.9. The minimum Gasteiger partial charge on any atom is -0.314 e. The van der Waals surface area contributed by atoms with Crippen LogP contribution < -0.4 is 5.32 Å². The van der Waals surface area contributed by atoms with Crippen LogP contribution in [0.3, 0.4) is 0 Å². The number of hydrogen-bond donors (Lipinski definition) is 1. The average Bonchev–Trinajstić information content (AvgIpc) is 2.24. The van der Waals surface area contributed by atoms with Crippen LogP contribution in [-0.4, -0.2) is 44.7 Å². The van der Waals surface area contributed by atoms with Crippen molar-refractivity contribution in [3.8, 4) is 0 Å². The zero-order valence-corrected chi connectivity index (χ0v) is 14.6. The third-order valence-corrected chi connectivity index (χ3v) is 5.60. The van der Waals surface area contributed by atoms with Gasteiger partial charge in [-0.3, -0.25) is 0 Å². The van der Waals surface area contributed by atoms with Gasteiger partial charge in [-0.15, -0.1) is 0 Å². The van der Waals surface area contributed by atoms with Crippen molar-refractivity contribution in [2.45, 2.75) is 59.4 Å². The van der Waals surface area contributed by atoms with E-state index in [4.69, 9.17) is 0 Å². The van der Waals surface area contributed by atoms with Crippen molar-refractivity contribution in [3.63, 3.8) is 0 Å². The summed E-state index contributed by atoms with van der Waals surface area (Å²) < 4.78 is 24.5. The Labute approximate surface area is 125 Å². The molecule has 0 aromatic heterocycles. The molecule has 1 aliphatic rings. The van der Waals surface area contributed by atoms with Gasteiger partial charge in [-0.05, 0) is 43.6 Å². The van der Waals surface area contributed by atoms with E-state index >= 15 is 0 Å². The molecule has 4 nitrogen and oxygen atoms in total. The predicted molar refractivity (Wildman–Crippen MR) is 85.3 cm³/mol. The number of sulfonamides is 1. The zero-order chi connectivity index (χ0) is 15.4. The van der Waals surface area contributed by atoms with Gasteiger partial charge in [0.15, 0.2) is 0 Å². The fraction of sp³-hybridized carbons (Fsp3) is 1.00. The quantitative estimate of drug-likeness (QED) is 0.735.